The molecule has 0 aliphatic heterocycles. The van der Waals surface area contributed by atoms with Gasteiger partial charge < -0.3 is 25.0 Å². The number of nitrogens with zero attached hydrogens (tertiary/aromatic N) is 1. The highest BCUT2D eigenvalue weighted by molar-refractivity contribution is 5.99. The van der Waals surface area contributed by atoms with Crippen LogP contribution in [-0.4, -0.2) is 47.6 Å². The van der Waals surface area contributed by atoms with Gasteiger partial charge in [0.25, 0.3) is 5.91 Å². The van der Waals surface area contributed by atoms with Gasteiger partial charge in [0.1, 0.15) is 23.4 Å². The van der Waals surface area contributed by atoms with Gasteiger partial charge in [-0.1, -0.05) is 58.2 Å². The average molecular weight is 592 g/mol. The molecule has 2 aromatic carbocycles. The lowest BCUT2D eigenvalue weighted by atomic mass is 9.91. The van der Waals surface area contributed by atoms with Crippen molar-refractivity contribution in [1.82, 2.24) is 10.2 Å². The third-order valence-corrected chi connectivity index (χ3v) is 7.34. The molecule has 2 aromatic rings. The summed E-state index contributed by atoms with van der Waals surface area (Å²) in [6.07, 6.45) is 7.31. The maximum atomic E-state index is 14.7. The van der Waals surface area contributed by atoms with Gasteiger partial charge in [-0.15, -0.1) is 6.42 Å². The molecule has 0 radical (unpaired) electrons. The van der Waals surface area contributed by atoms with E-state index in [9.17, 15) is 14.4 Å². The monoisotopic (exact) mass is 591 g/mol. The van der Waals surface area contributed by atoms with Gasteiger partial charge in [0.05, 0.1) is 7.11 Å². The Hall–Kier alpha value is -3.99. The molecule has 0 aromatic heterocycles. The maximum absolute atomic E-state index is 14.7. The van der Waals surface area contributed by atoms with Crippen LogP contribution in [0.4, 0.5) is 10.5 Å². The third-order valence-electron chi connectivity index (χ3n) is 7.34. The topological polar surface area (TPSA) is 97.0 Å². The van der Waals surface area contributed by atoms with Crippen molar-refractivity contribution in [2.45, 2.75) is 98.4 Å². The molecule has 4 atom stereocenters. The van der Waals surface area contributed by atoms with Crippen LogP contribution in [0.25, 0.3) is 0 Å². The number of ether oxygens (including phenoxy) is 2. The van der Waals surface area contributed by atoms with E-state index in [1.165, 1.54) is 0 Å². The van der Waals surface area contributed by atoms with E-state index in [4.69, 9.17) is 15.9 Å². The molecule has 2 N–H and O–H groups in total. The molecule has 234 valence electrons. The summed E-state index contributed by atoms with van der Waals surface area (Å²) in [5, 5.41) is 5.81. The molecule has 8 heteroatoms. The van der Waals surface area contributed by atoms with Crippen molar-refractivity contribution < 1.29 is 23.9 Å². The first-order chi connectivity index (χ1) is 20.2. The molecule has 3 amide bonds. The van der Waals surface area contributed by atoms with Crippen LogP contribution in [0.15, 0.2) is 48.5 Å². The predicted molar refractivity (Wildman–Crippen MR) is 172 cm³/mol. The minimum Gasteiger partial charge on any atom is -0.497 e. The number of alkyl carbamates (subject to hydrolysis) is 1. The summed E-state index contributed by atoms with van der Waals surface area (Å²) in [4.78, 5) is 43.5. The number of terminal acetylenes is 1. The van der Waals surface area contributed by atoms with Crippen molar-refractivity contribution in [3.63, 3.8) is 0 Å². The fraction of sp³-hybridized carbons (Fsp3) is 0.514. The summed E-state index contributed by atoms with van der Waals surface area (Å²) in [6.45, 7) is 15.3. The van der Waals surface area contributed by atoms with E-state index < -0.39 is 29.7 Å². The summed E-state index contributed by atoms with van der Waals surface area (Å²) in [5.41, 5.74) is 0.832. The second-order valence-corrected chi connectivity index (χ2v) is 12.4. The lowest BCUT2D eigenvalue weighted by Crippen LogP contribution is -2.57. The van der Waals surface area contributed by atoms with Crippen LogP contribution in [0.1, 0.15) is 91.8 Å². The summed E-state index contributed by atoms with van der Waals surface area (Å²) < 4.78 is 10.8. The molecule has 0 aliphatic rings. The van der Waals surface area contributed by atoms with Gasteiger partial charge >= 0.3 is 6.09 Å². The van der Waals surface area contributed by atoms with Crippen LogP contribution < -0.4 is 15.4 Å². The van der Waals surface area contributed by atoms with Gasteiger partial charge in [0.2, 0.25) is 5.91 Å². The number of amides is 3. The average Bonchev–Trinajstić information content (AvgIpc) is 2.96. The second-order valence-electron chi connectivity index (χ2n) is 12.4. The van der Waals surface area contributed by atoms with E-state index in [1.54, 1.807) is 81.3 Å². The second kappa shape index (κ2) is 16.0. The Balaban J connectivity index is 2.70. The Bertz CT molecular complexity index is 1260. The smallest absolute Gasteiger partial charge is 0.408 e. The summed E-state index contributed by atoms with van der Waals surface area (Å²) >= 11 is 0. The van der Waals surface area contributed by atoms with Crippen LogP contribution in [0.2, 0.25) is 0 Å². The van der Waals surface area contributed by atoms with Gasteiger partial charge in [-0.05, 0) is 88.3 Å². The van der Waals surface area contributed by atoms with E-state index in [2.05, 4.69) is 30.4 Å². The molecule has 0 saturated heterocycles. The summed E-state index contributed by atoms with van der Waals surface area (Å²) in [7, 11) is 1.57. The highest BCUT2D eigenvalue weighted by Gasteiger charge is 2.41. The van der Waals surface area contributed by atoms with Crippen molar-refractivity contribution in [2.75, 3.05) is 12.4 Å². The lowest BCUT2D eigenvalue weighted by Gasteiger charge is -2.40. The Morgan fingerprint density at radius 1 is 0.977 bits per heavy atom. The zero-order chi connectivity index (χ0) is 32.3. The van der Waals surface area contributed by atoms with Crippen molar-refractivity contribution in [2.24, 2.45) is 11.8 Å². The van der Waals surface area contributed by atoms with Gasteiger partial charge in [0, 0.05) is 17.3 Å². The fourth-order valence-electron chi connectivity index (χ4n) is 4.76. The minimum absolute atomic E-state index is 0.243. The van der Waals surface area contributed by atoms with Gasteiger partial charge in [-0.2, -0.15) is 0 Å². The molecule has 4 unspecified atom stereocenters. The van der Waals surface area contributed by atoms with E-state index in [-0.39, 0.29) is 17.9 Å². The van der Waals surface area contributed by atoms with Gasteiger partial charge in [0.15, 0.2) is 0 Å². The van der Waals surface area contributed by atoms with Crippen molar-refractivity contribution in [3.8, 4) is 18.1 Å². The number of hydrogen-bond acceptors (Lipinski definition) is 5. The Labute approximate surface area is 257 Å². The van der Waals surface area contributed by atoms with Gasteiger partial charge in [-0.25, -0.2) is 4.79 Å². The molecular formula is C35H49N3O5. The molecule has 8 nitrogen and oxygen atoms in total. The molecule has 43 heavy (non-hydrogen) atoms. The molecule has 0 saturated carbocycles. The molecule has 0 bridgehead atoms. The zero-order valence-corrected chi connectivity index (χ0v) is 27.2. The third kappa shape index (κ3) is 10.3. The first-order valence-electron chi connectivity index (χ1n) is 15.0. The van der Waals surface area contributed by atoms with Crippen molar-refractivity contribution >= 4 is 23.6 Å². The highest BCUT2D eigenvalue weighted by Crippen LogP contribution is 2.32. The normalized spacial score (nSPS) is 14.1. The number of rotatable bonds is 13. The van der Waals surface area contributed by atoms with Crippen LogP contribution in [0, 0.1) is 24.2 Å². The quantitative estimate of drug-likeness (QED) is 0.246. The van der Waals surface area contributed by atoms with E-state index in [0.29, 0.717) is 41.3 Å². The number of carbonyl (C=O) groups excluding carboxylic acids is 3. The number of methoxy groups -OCH3 is 1. The van der Waals surface area contributed by atoms with Crippen LogP contribution in [0.5, 0.6) is 5.75 Å². The molecule has 0 heterocycles. The number of benzene rings is 2. The number of carbonyl (C=O) groups is 3. The fourth-order valence-corrected chi connectivity index (χ4v) is 4.76. The van der Waals surface area contributed by atoms with E-state index >= 15 is 0 Å². The predicted octanol–water partition coefficient (Wildman–Crippen LogP) is 6.95. The first-order valence-corrected chi connectivity index (χ1v) is 15.0. The minimum atomic E-state index is -1.07. The Kier molecular flexibility index (Phi) is 13.1. The summed E-state index contributed by atoms with van der Waals surface area (Å²) in [5.74, 6) is 2.68. The van der Waals surface area contributed by atoms with E-state index in [1.807, 2.05) is 20.8 Å². The largest absolute Gasteiger partial charge is 0.497 e. The standard InChI is InChI=1S/C35H49N3O5/c1-11-24(5)30(37-34(41)43-35(7,8)9)33(40)38(25(6)18-17-23(3)4)31(29-16-14-13-15-26(29)12-2)32(39)36-27-19-21-28(42-10)22-20-27/h2,13-16,19-25,30-31H,11,17-18H2,1,3-10H3,(H,36,39)(H,37,41). The van der Waals surface area contributed by atoms with Gasteiger partial charge in [-0.3, -0.25) is 9.59 Å². The Morgan fingerprint density at radius 3 is 2.14 bits per heavy atom. The molecule has 0 aliphatic carbocycles. The SMILES string of the molecule is C#Cc1ccccc1C(C(=O)Nc1ccc(OC)cc1)N(C(=O)C(NC(=O)OC(C)(C)C)C(C)CC)C(C)CCC(C)C. The lowest BCUT2D eigenvalue weighted by molar-refractivity contribution is -0.144. The number of hydrogen-bond donors (Lipinski definition) is 2. The molecule has 0 spiro atoms. The molecule has 2 rings (SSSR count). The summed E-state index contributed by atoms with van der Waals surface area (Å²) in [6, 6.07) is 11.7. The zero-order valence-electron chi connectivity index (χ0n) is 27.2. The number of nitrogens with one attached hydrogen (secondary N) is 2. The first kappa shape index (κ1) is 35.2. The van der Waals surface area contributed by atoms with Crippen molar-refractivity contribution in [1.29, 1.82) is 0 Å². The van der Waals surface area contributed by atoms with Crippen molar-refractivity contribution in [3.05, 3.63) is 59.7 Å². The highest BCUT2D eigenvalue weighted by atomic mass is 16.6. The van der Waals surface area contributed by atoms with Crippen LogP contribution in [-0.2, 0) is 14.3 Å². The van der Waals surface area contributed by atoms with Crippen LogP contribution >= 0.6 is 0 Å². The number of anilines is 1. The molecular weight excluding hydrogens is 542 g/mol. The Morgan fingerprint density at radius 2 is 1.60 bits per heavy atom. The van der Waals surface area contributed by atoms with Crippen LogP contribution in [0.3, 0.4) is 0 Å². The van der Waals surface area contributed by atoms with E-state index in [0.717, 1.165) is 6.42 Å². The molecule has 0 fully saturated rings. The maximum Gasteiger partial charge on any atom is 0.408 e.